The van der Waals surface area contributed by atoms with Crippen LogP contribution in [0.5, 0.6) is 0 Å². The zero-order valence-electron chi connectivity index (χ0n) is 9.68. The monoisotopic (exact) mass is 293 g/mol. The maximum absolute atomic E-state index is 5.78. The Morgan fingerprint density at radius 2 is 2.24 bits per heavy atom. The van der Waals surface area contributed by atoms with Crippen molar-refractivity contribution in [2.24, 2.45) is 0 Å². The molecule has 3 nitrogen and oxygen atoms in total. The largest absolute Gasteiger partial charge is 0.375 e. The molecule has 0 radical (unpaired) electrons. The molecule has 1 aromatic rings. The molecule has 0 unspecified atom stereocenters. The highest BCUT2D eigenvalue weighted by atomic mass is 35.5. The smallest absolute Gasteiger partial charge is 0.180 e. The van der Waals surface area contributed by atoms with E-state index in [0.29, 0.717) is 6.04 Å². The molecule has 1 aliphatic heterocycles. The summed E-state index contributed by atoms with van der Waals surface area (Å²) in [6.45, 7) is 1.17. The standard InChI is InChI=1S/C11H15N3S.2ClH/c1-14-6-2-3-7-8(14)4-5-9-10(7)13-11(12)15-9;;/h3,8H,2,4-6H2,1H3,(H2,12,13);2*1H/t8-;;/m0../s1. The highest BCUT2D eigenvalue weighted by Crippen LogP contribution is 2.38. The van der Waals surface area contributed by atoms with Crippen LogP contribution in [0.2, 0.25) is 0 Å². The quantitative estimate of drug-likeness (QED) is 0.799. The normalized spacial score (nSPS) is 22.6. The van der Waals surface area contributed by atoms with Crippen molar-refractivity contribution in [2.75, 3.05) is 19.3 Å². The van der Waals surface area contributed by atoms with Crippen molar-refractivity contribution in [1.82, 2.24) is 9.88 Å². The maximum Gasteiger partial charge on any atom is 0.180 e. The van der Waals surface area contributed by atoms with E-state index in [0.717, 1.165) is 18.0 Å². The molecule has 2 N–H and O–H groups in total. The molecule has 2 heterocycles. The topological polar surface area (TPSA) is 42.2 Å². The minimum absolute atomic E-state index is 0. The average molecular weight is 294 g/mol. The SMILES string of the molecule is CN1CCC=C2c3nc(N)sc3CC[C@@H]21.Cl.Cl. The van der Waals surface area contributed by atoms with Gasteiger partial charge in [-0.3, -0.25) is 4.90 Å². The number of aryl methyl sites for hydroxylation is 1. The van der Waals surface area contributed by atoms with E-state index >= 15 is 0 Å². The number of nitrogens with zero attached hydrogens (tertiary/aromatic N) is 2. The number of rotatable bonds is 0. The molecule has 96 valence electrons. The highest BCUT2D eigenvalue weighted by molar-refractivity contribution is 7.15. The lowest BCUT2D eigenvalue weighted by Gasteiger charge is -2.35. The molecule has 6 heteroatoms. The summed E-state index contributed by atoms with van der Waals surface area (Å²) in [7, 11) is 2.21. The van der Waals surface area contributed by atoms with Crippen molar-refractivity contribution in [3.8, 4) is 0 Å². The number of nitrogen functional groups attached to an aromatic ring is 1. The summed E-state index contributed by atoms with van der Waals surface area (Å²) >= 11 is 1.65. The molecule has 0 spiro atoms. The first-order valence-electron chi connectivity index (χ1n) is 5.41. The summed E-state index contributed by atoms with van der Waals surface area (Å²) in [6.07, 6.45) is 5.84. The van der Waals surface area contributed by atoms with Gasteiger partial charge in [-0.25, -0.2) is 4.98 Å². The fourth-order valence-electron chi connectivity index (χ4n) is 2.62. The van der Waals surface area contributed by atoms with Gasteiger partial charge < -0.3 is 5.73 Å². The van der Waals surface area contributed by atoms with Gasteiger partial charge in [-0.1, -0.05) is 6.08 Å². The number of halogens is 2. The molecular formula is C11H17Cl2N3S. The lowest BCUT2D eigenvalue weighted by Crippen LogP contribution is -2.38. The molecular weight excluding hydrogens is 277 g/mol. The summed E-state index contributed by atoms with van der Waals surface area (Å²) in [4.78, 5) is 8.29. The van der Waals surface area contributed by atoms with E-state index < -0.39 is 0 Å². The number of nitrogens with two attached hydrogens (primary N) is 1. The number of aromatic nitrogens is 1. The molecule has 0 saturated carbocycles. The van der Waals surface area contributed by atoms with Crippen LogP contribution in [0.25, 0.3) is 5.57 Å². The van der Waals surface area contributed by atoms with Crippen molar-refractivity contribution in [1.29, 1.82) is 0 Å². The van der Waals surface area contributed by atoms with E-state index in [4.69, 9.17) is 5.73 Å². The third-order valence-corrected chi connectivity index (χ3v) is 4.31. The zero-order valence-corrected chi connectivity index (χ0v) is 12.1. The molecule has 0 amide bonds. The van der Waals surface area contributed by atoms with Gasteiger partial charge in [0.1, 0.15) is 0 Å². The van der Waals surface area contributed by atoms with E-state index in [1.54, 1.807) is 11.3 Å². The minimum Gasteiger partial charge on any atom is -0.375 e. The van der Waals surface area contributed by atoms with E-state index in [2.05, 4.69) is 23.0 Å². The summed E-state index contributed by atoms with van der Waals surface area (Å²) in [6, 6.07) is 0.577. The van der Waals surface area contributed by atoms with Crippen LogP contribution in [0.4, 0.5) is 5.13 Å². The van der Waals surface area contributed by atoms with Crippen molar-refractivity contribution < 1.29 is 0 Å². The Morgan fingerprint density at radius 3 is 3.00 bits per heavy atom. The highest BCUT2D eigenvalue weighted by Gasteiger charge is 2.31. The second-order valence-corrected chi connectivity index (χ2v) is 5.42. The number of hydrogen-bond donors (Lipinski definition) is 1. The zero-order chi connectivity index (χ0) is 10.4. The molecule has 1 aliphatic carbocycles. The van der Waals surface area contributed by atoms with Crippen molar-refractivity contribution in [3.05, 3.63) is 16.6 Å². The van der Waals surface area contributed by atoms with Gasteiger partial charge in [0.25, 0.3) is 0 Å². The third kappa shape index (κ3) is 2.45. The lowest BCUT2D eigenvalue weighted by atomic mass is 9.88. The van der Waals surface area contributed by atoms with Crippen LogP contribution >= 0.6 is 36.2 Å². The first-order valence-corrected chi connectivity index (χ1v) is 6.23. The second-order valence-electron chi connectivity index (χ2n) is 4.31. The van der Waals surface area contributed by atoms with Crippen molar-refractivity contribution >= 4 is 46.9 Å². The minimum atomic E-state index is 0. The van der Waals surface area contributed by atoms with Gasteiger partial charge in [-0.05, 0) is 31.9 Å². The summed E-state index contributed by atoms with van der Waals surface area (Å²) in [5, 5.41) is 0.717. The number of fused-ring (bicyclic) bond motifs is 3. The number of anilines is 1. The van der Waals surface area contributed by atoms with Crippen LogP contribution < -0.4 is 5.73 Å². The Balaban J connectivity index is 0.000000722. The van der Waals surface area contributed by atoms with Crippen LogP contribution in [0, 0.1) is 0 Å². The third-order valence-electron chi connectivity index (χ3n) is 3.37. The predicted octanol–water partition coefficient (Wildman–Crippen LogP) is 2.60. The molecule has 1 atom stereocenters. The number of thiazole rings is 1. The Hall–Kier alpha value is -0.290. The first kappa shape index (κ1) is 14.8. The van der Waals surface area contributed by atoms with Crippen molar-refractivity contribution in [2.45, 2.75) is 25.3 Å². The molecule has 0 aromatic carbocycles. The fourth-order valence-corrected chi connectivity index (χ4v) is 3.49. The van der Waals surface area contributed by atoms with Crippen LogP contribution in [-0.4, -0.2) is 29.5 Å². The van der Waals surface area contributed by atoms with Gasteiger partial charge in [-0.15, -0.1) is 36.2 Å². The summed E-state index contributed by atoms with van der Waals surface area (Å²) in [5.41, 5.74) is 8.38. The average Bonchev–Trinajstić information content (AvgIpc) is 2.59. The van der Waals surface area contributed by atoms with Gasteiger partial charge in [0.2, 0.25) is 0 Å². The Labute approximate surface area is 118 Å². The van der Waals surface area contributed by atoms with Gasteiger partial charge in [-0.2, -0.15) is 0 Å². The molecule has 0 saturated heterocycles. The Morgan fingerprint density at radius 1 is 1.47 bits per heavy atom. The molecule has 2 aliphatic rings. The van der Waals surface area contributed by atoms with Crippen LogP contribution in [-0.2, 0) is 6.42 Å². The number of hydrogen-bond acceptors (Lipinski definition) is 4. The van der Waals surface area contributed by atoms with E-state index in [-0.39, 0.29) is 24.8 Å². The van der Waals surface area contributed by atoms with Crippen LogP contribution in [0.15, 0.2) is 6.08 Å². The van der Waals surface area contributed by atoms with Gasteiger partial charge in [0.05, 0.1) is 5.69 Å². The van der Waals surface area contributed by atoms with Crippen LogP contribution in [0.3, 0.4) is 0 Å². The summed E-state index contributed by atoms with van der Waals surface area (Å²) < 4.78 is 0. The predicted molar refractivity (Wildman–Crippen MR) is 78.4 cm³/mol. The Kier molecular flexibility index (Phi) is 4.84. The molecule has 1 aromatic heterocycles. The van der Waals surface area contributed by atoms with Gasteiger partial charge in [0, 0.05) is 17.5 Å². The van der Waals surface area contributed by atoms with E-state index in [1.165, 1.54) is 29.1 Å². The van der Waals surface area contributed by atoms with E-state index in [9.17, 15) is 0 Å². The van der Waals surface area contributed by atoms with Gasteiger partial charge in [0.15, 0.2) is 5.13 Å². The fraction of sp³-hybridized carbons (Fsp3) is 0.545. The number of likely N-dealkylation sites (N-methyl/N-ethyl adjacent to an activating group) is 1. The second kappa shape index (κ2) is 5.57. The molecule has 0 fully saturated rings. The maximum atomic E-state index is 5.78. The molecule has 0 bridgehead atoms. The van der Waals surface area contributed by atoms with Gasteiger partial charge >= 0.3 is 0 Å². The Bertz CT molecular complexity index is 430. The van der Waals surface area contributed by atoms with Crippen LogP contribution in [0.1, 0.15) is 23.4 Å². The lowest BCUT2D eigenvalue weighted by molar-refractivity contribution is 0.269. The molecule has 17 heavy (non-hydrogen) atoms. The van der Waals surface area contributed by atoms with Crippen molar-refractivity contribution in [3.63, 3.8) is 0 Å². The van der Waals surface area contributed by atoms with E-state index in [1.807, 2.05) is 0 Å². The summed E-state index contributed by atoms with van der Waals surface area (Å²) in [5.74, 6) is 0. The molecule has 3 rings (SSSR count). The first-order chi connectivity index (χ1) is 7.25.